The van der Waals surface area contributed by atoms with Gasteiger partial charge in [-0.2, -0.15) is 0 Å². The first kappa shape index (κ1) is 25.6. The molecule has 4 heterocycles. The number of benzene rings is 1. The highest BCUT2D eigenvalue weighted by molar-refractivity contribution is 7.18. The van der Waals surface area contributed by atoms with Gasteiger partial charge in [0.1, 0.15) is 5.82 Å². The van der Waals surface area contributed by atoms with Crippen LogP contribution in [0.1, 0.15) is 68.1 Å². The number of carbonyl (C=O) groups is 2. The van der Waals surface area contributed by atoms with Crippen LogP contribution in [0.3, 0.4) is 0 Å². The quantitative estimate of drug-likeness (QED) is 0.488. The van der Waals surface area contributed by atoms with E-state index in [2.05, 4.69) is 54.3 Å². The predicted octanol–water partition coefficient (Wildman–Crippen LogP) is 4.58. The Labute approximate surface area is 222 Å². The van der Waals surface area contributed by atoms with Gasteiger partial charge in [-0.25, -0.2) is 9.97 Å². The van der Waals surface area contributed by atoms with Crippen LogP contribution in [0, 0.1) is 5.92 Å². The molecule has 0 bridgehead atoms. The van der Waals surface area contributed by atoms with E-state index in [0.29, 0.717) is 42.3 Å². The minimum Gasteiger partial charge on any atom is -0.383 e. The van der Waals surface area contributed by atoms with Crippen LogP contribution >= 0.6 is 11.3 Å². The van der Waals surface area contributed by atoms with Crippen LogP contribution in [0.15, 0.2) is 30.5 Å². The van der Waals surface area contributed by atoms with Crippen molar-refractivity contribution in [3.8, 4) is 0 Å². The van der Waals surface area contributed by atoms with E-state index in [1.165, 1.54) is 15.9 Å². The Kier molecular flexibility index (Phi) is 7.18. The maximum atomic E-state index is 13.4. The molecule has 3 aromatic rings. The number of anilines is 2. The molecule has 2 amide bonds. The number of likely N-dealkylation sites (N-methyl/N-ethyl adjacent to an activating group) is 1. The number of carbonyl (C=O) groups excluding carboxylic acids is 2. The molecule has 2 aliphatic rings. The zero-order chi connectivity index (χ0) is 26.3. The van der Waals surface area contributed by atoms with Crippen molar-refractivity contribution >= 4 is 44.9 Å². The number of nitrogens with one attached hydrogen (secondary N) is 1. The lowest BCUT2D eigenvalue weighted by atomic mass is 9.89. The van der Waals surface area contributed by atoms with Gasteiger partial charge in [-0.05, 0) is 74.9 Å². The highest BCUT2D eigenvalue weighted by Gasteiger charge is 2.35. The number of hydrogen-bond acceptors (Lipinski definition) is 7. The van der Waals surface area contributed by atoms with E-state index in [-0.39, 0.29) is 6.04 Å². The van der Waals surface area contributed by atoms with E-state index in [9.17, 15) is 9.59 Å². The van der Waals surface area contributed by atoms with E-state index in [4.69, 9.17) is 10.7 Å². The number of rotatable bonds is 4. The van der Waals surface area contributed by atoms with Crippen molar-refractivity contribution < 1.29 is 9.59 Å². The number of pyridine rings is 1. The molecule has 8 nitrogen and oxygen atoms in total. The third kappa shape index (κ3) is 5.20. The van der Waals surface area contributed by atoms with Crippen LogP contribution < -0.4 is 11.1 Å². The fourth-order valence-electron chi connectivity index (χ4n) is 5.63. The first-order valence-electron chi connectivity index (χ1n) is 13.2. The molecule has 0 saturated carbocycles. The van der Waals surface area contributed by atoms with Gasteiger partial charge in [0.15, 0.2) is 0 Å². The zero-order valence-corrected chi connectivity index (χ0v) is 22.8. The van der Waals surface area contributed by atoms with Gasteiger partial charge in [0, 0.05) is 25.0 Å². The number of aryl methyl sites for hydroxylation is 1. The second-order valence-electron chi connectivity index (χ2n) is 10.7. The molecule has 0 aliphatic carbocycles. The van der Waals surface area contributed by atoms with Gasteiger partial charge in [-0.1, -0.05) is 19.9 Å². The zero-order valence-electron chi connectivity index (χ0n) is 22.0. The third-order valence-electron chi connectivity index (χ3n) is 7.96. The van der Waals surface area contributed by atoms with Crippen LogP contribution in [0.25, 0.3) is 10.2 Å². The lowest BCUT2D eigenvalue weighted by Gasteiger charge is -2.38. The molecule has 0 unspecified atom stereocenters. The van der Waals surface area contributed by atoms with Gasteiger partial charge in [0.05, 0.1) is 33.2 Å². The maximum absolute atomic E-state index is 13.4. The molecule has 2 aliphatic heterocycles. The number of hydrogen-bond donors (Lipinski definition) is 2. The molecular formula is C28H36N6O2S. The standard InChI is InChI=1S/C28H36N6O2S/c1-5-18-11-21(13-30-25(18)29)31-26(35)28(36)34-14-16(2)6-8-23(34)19-7-9-24-22(12-19)32-27(37-24)20-10-17(3)33(4)15-20/h7,9,11-13,16-17,20,23H,5-6,8,10,14-15H2,1-4H3,(H2,29,30)(H,31,35)/t16-,17-,20+,23+/m0/s1. The summed E-state index contributed by atoms with van der Waals surface area (Å²) in [6, 6.07) is 8.54. The second kappa shape index (κ2) is 10.4. The Morgan fingerprint density at radius 1 is 1.19 bits per heavy atom. The minimum atomic E-state index is -0.649. The average molecular weight is 521 g/mol. The minimum absolute atomic E-state index is 0.155. The van der Waals surface area contributed by atoms with E-state index >= 15 is 0 Å². The molecule has 196 valence electrons. The van der Waals surface area contributed by atoms with Gasteiger partial charge in [0.25, 0.3) is 0 Å². The fraction of sp³-hybridized carbons (Fsp3) is 0.500. The van der Waals surface area contributed by atoms with Crippen molar-refractivity contribution in [3.05, 3.63) is 46.6 Å². The summed E-state index contributed by atoms with van der Waals surface area (Å²) in [5.74, 6) is 0.0625. The molecule has 2 saturated heterocycles. The number of likely N-dealkylation sites (tertiary alicyclic amines) is 2. The summed E-state index contributed by atoms with van der Waals surface area (Å²) in [4.78, 5) is 39.7. The van der Waals surface area contributed by atoms with Gasteiger partial charge in [0.2, 0.25) is 0 Å². The Bertz CT molecular complexity index is 1310. The lowest BCUT2D eigenvalue weighted by Crippen LogP contribution is -2.46. The first-order chi connectivity index (χ1) is 17.7. The molecule has 4 atom stereocenters. The smallest absolute Gasteiger partial charge is 0.313 e. The van der Waals surface area contributed by atoms with E-state index < -0.39 is 11.8 Å². The van der Waals surface area contributed by atoms with Crippen molar-refractivity contribution in [2.75, 3.05) is 31.2 Å². The van der Waals surface area contributed by atoms with Gasteiger partial charge >= 0.3 is 11.8 Å². The summed E-state index contributed by atoms with van der Waals surface area (Å²) in [6.45, 7) is 7.95. The molecule has 0 spiro atoms. The maximum Gasteiger partial charge on any atom is 0.313 e. The summed E-state index contributed by atoms with van der Waals surface area (Å²) >= 11 is 1.77. The Hall–Kier alpha value is -3.04. The molecular weight excluding hydrogens is 484 g/mol. The summed E-state index contributed by atoms with van der Waals surface area (Å²) in [6.07, 6.45) is 5.14. The Balaban J connectivity index is 1.37. The topological polar surface area (TPSA) is 104 Å². The Morgan fingerprint density at radius 3 is 2.73 bits per heavy atom. The molecule has 1 aromatic carbocycles. The SMILES string of the molecule is CCc1cc(NC(=O)C(=O)N2C[C@@H](C)CC[C@@H]2c2ccc3sc([C@@H]4C[C@H](C)N(C)C4)nc3c2)cnc1N. The molecule has 0 radical (unpaired) electrons. The monoisotopic (exact) mass is 520 g/mol. The predicted molar refractivity (Wildman–Crippen MR) is 149 cm³/mol. The van der Waals surface area contributed by atoms with Crippen LogP contribution in [0.4, 0.5) is 11.5 Å². The summed E-state index contributed by atoms with van der Waals surface area (Å²) in [7, 11) is 2.17. The van der Waals surface area contributed by atoms with Crippen LogP contribution in [-0.4, -0.2) is 57.8 Å². The van der Waals surface area contributed by atoms with Crippen molar-refractivity contribution in [2.45, 2.75) is 64.5 Å². The number of amides is 2. The molecule has 2 fully saturated rings. The lowest BCUT2D eigenvalue weighted by molar-refractivity contribution is -0.146. The number of thiazole rings is 1. The highest BCUT2D eigenvalue weighted by atomic mass is 32.1. The average Bonchev–Trinajstić information content (AvgIpc) is 3.46. The van der Waals surface area contributed by atoms with Gasteiger partial charge < -0.3 is 20.9 Å². The van der Waals surface area contributed by atoms with Crippen LogP contribution in [0.5, 0.6) is 0 Å². The number of nitrogens with zero attached hydrogens (tertiary/aromatic N) is 4. The summed E-state index contributed by atoms with van der Waals surface area (Å²) in [5, 5.41) is 3.93. The number of nitrogens with two attached hydrogens (primary N) is 1. The van der Waals surface area contributed by atoms with Crippen molar-refractivity contribution in [1.29, 1.82) is 0 Å². The third-order valence-corrected chi connectivity index (χ3v) is 9.16. The number of fused-ring (bicyclic) bond motifs is 1. The molecule has 3 N–H and O–H groups in total. The van der Waals surface area contributed by atoms with Crippen molar-refractivity contribution in [1.82, 2.24) is 19.8 Å². The second-order valence-corrected chi connectivity index (χ2v) is 11.8. The van der Waals surface area contributed by atoms with Crippen LogP contribution in [-0.2, 0) is 16.0 Å². The van der Waals surface area contributed by atoms with Gasteiger partial charge in [-0.3, -0.25) is 9.59 Å². The fourth-order valence-corrected chi connectivity index (χ4v) is 6.68. The largest absolute Gasteiger partial charge is 0.383 e. The number of nitrogen functional groups attached to an aromatic ring is 1. The van der Waals surface area contributed by atoms with E-state index in [0.717, 1.165) is 42.5 Å². The van der Waals surface area contributed by atoms with E-state index in [1.807, 2.05) is 6.92 Å². The summed E-state index contributed by atoms with van der Waals surface area (Å²) < 4.78 is 1.17. The van der Waals surface area contributed by atoms with Gasteiger partial charge in [-0.15, -0.1) is 11.3 Å². The normalized spacial score (nSPS) is 24.5. The molecule has 37 heavy (non-hydrogen) atoms. The number of aromatic nitrogens is 2. The molecule has 9 heteroatoms. The molecule has 2 aromatic heterocycles. The van der Waals surface area contributed by atoms with Crippen LogP contribution in [0.2, 0.25) is 0 Å². The first-order valence-corrected chi connectivity index (χ1v) is 14.0. The highest BCUT2D eigenvalue weighted by Crippen LogP contribution is 2.38. The van der Waals surface area contributed by atoms with Crippen molar-refractivity contribution in [3.63, 3.8) is 0 Å². The van der Waals surface area contributed by atoms with E-state index in [1.54, 1.807) is 22.3 Å². The molecule has 5 rings (SSSR count). The van der Waals surface area contributed by atoms with Crippen molar-refractivity contribution in [2.24, 2.45) is 5.92 Å². The number of piperidine rings is 1. The summed E-state index contributed by atoms with van der Waals surface area (Å²) in [5.41, 5.74) is 9.23. The Morgan fingerprint density at radius 2 is 2.00 bits per heavy atom.